The highest BCUT2D eigenvalue weighted by Crippen LogP contribution is 2.37. The smallest absolute Gasteiger partial charge is 0.344 e. The standard InChI is InChI=1S/C18H17FN4O2S.C17H13ClN2O4/c1-4-5-22-13-7-12(11(19)6-14(13)25-9-16(22)24)20-17-23-10-18(2,3)8-15(23)21-26-17;1-10(17(21)22)23-12-3-5-13(6-4-12)24-16-9-19-15-8-11(18)2-7-14(15)20-16/h1,6-7H,5,8-10H2,2-3H3;2-10H,1H3,(H,21,22). The fourth-order valence-corrected chi connectivity index (χ4v) is 6.15. The lowest BCUT2D eigenvalue weighted by Gasteiger charge is -2.28. The van der Waals surface area contributed by atoms with Crippen LogP contribution in [0.15, 0.2) is 65.8 Å². The summed E-state index contributed by atoms with van der Waals surface area (Å²) in [7, 11) is 0. The Morgan fingerprint density at radius 3 is 2.70 bits per heavy atom. The summed E-state index contributed by atoms with van der Waals surface area (Å²) in [5.41, 5.74) is 2.03. The number of aliphatic carboxylic acids is 1. The molecular weight excluding hydrogens is 687 g/mol. The van der Waals surface area contributed by atoms with Crippen molar-refractivity contribution in [2.45, 2.75) is 39.8 Å². The van der Waals surface area contributed by atoms with Crippen LogP contribution in [0.25, 0.3) is 11.0 Å². The van der Waals surface area contributed by atoms with Crippen LogP contribution in [0.4, 0.5) is 15.8 Å². The fraction of sp³-hybridized carbons (Fsp3) is 0.257. The second kappa shape index (κ2) is 14.1. The van der Waals surface area contributed by atoms with Crippen LogP contribution < -0.4 is 23.9 Å². The van der Waals surface area contributed by atoms with Crippen molar-refractivity contribution in [3.8, 4) is 35.5 Å². The molecule has 0 saturated carbocycles. The molecule has 1 atom stereocenters. The van der Waals surface area contributed by atoms with E-state index >= 15 is 0 Å². The number of carboxylic acid groups (broad SMARTS) is 1. The third kappa shape index (κ3) is 7.69. The van der Waals surface area contributed by atoms with Crippen LogP contribution in [0, 0.1) is 23.6 Å². The molecule has 2 aliphatic rings. The maximum atomic E-state index is 14.5. The minimum atomic E-state index is -1.03. The number of terminal acetylenes is 1. The number of aromatic nitrogens is 4. The zero-order valence-electron chi connectivity index (χ0n) is 27.1. The van der Waals surface area contributed by atoms with Gasteiger partial charge in [-0.3, -0.25) is 9.69 Å². The molecule has 0 bridgehead atoms. The number of amides is 1. The molecule has 5 aromatic rings. The number of halogens is 2. The first kappa shape index (κ1) is 34.3. The van der Waals surface area contributed by atoms with E-state index in [0.717, 1.165) is 18.8 Å². The number of ether oxygens (including phenoxy) is 3. The SMILES string of the molecule is C#CCN1C(=O)COc2cc(F)c(N=c3snc4n3CC(C)(C)C4)cc21.CC(Oc1ccc(Oc2cnc3cc(Cl)ccc3n2)cc1)C(=O)O. The summed E-state index contributed by atoms with van der Waals surface area (Å²) in [6, 6.07) is 14.6. The molecule has 2 aromatic heterocycles. The Bertz CT molecular complexity index is 2210. The first-order valence-corrected chi connectivity index (χ1v) is 16.4. The van der Waals surface area contributed by atoms with Crippen molar-refractivity contribution in [2.75, 3.05) is 18.1 Å². The fourth-order valence-electron chi connectivity index (χ4n) is 5.22. The molecule has 0 spiro atoms. The van der Waals surface area contributed by atoms with E-state index in [1.54, 1.807) is 42.5 Å². The van der Waals surface area contributed by atoms with E-state index in [2.05, 4.69) is 39.1 Å². The minimum absolute atomic E-state index is 0.0964. The summed E-state index contributed by atoms with van der Waals surface area (Å²) in [4.78, 5) is 37.9. The zero-order valence-corrected chi connectivity index (χ0v) is 28.7. The topological polar surface area (TPSA) is 141 Å². The summed E-state index contributed by atoms with van der Waals surface area (Å²) in [5.74, 6) is 3.22. The highest BCUT2D eigenvalue weighted by Gasteiger charge is 2.31. The van der Waals surface area contributed by atoms with Gasteiger partial charge in [0.2, 0.25) is 10.7 Å². The van der Waals surface area contributed by atoms with Gasteiger partial charge in [0.05, 0.1) is 29.5 Å². The van der Waals surface area contributed by atoms with Gasteiger partial charge < -0.3 is 23.9 Å². The summed E-state index contributed by atoms with van der Waals surface area (Å²) in [6.07, 6.45) is 6.80. The molecule has 3 aromatic carbocycles. The van der Waals surface area contributed by atoms with Crippen molar-refractivity contribution in [3.05, 3.63) is 82.3 Å². The van der Waals surface area contributed by atoms with E-state index in [1.807, 2.05) is 4.57 Å². The Morgan fingerprint density at radius 2 is 1.96 bits per heavy atom. The number of carbonyl (C=O) groups excluding carboxylic acids is 1. The van der Waals surface area contributed by atoms with Crippen LogP contribution in [-0.2, 0) is 22.6 Å². The van der Waals surface area contributed by atoms with Crippen LogP contribution in [-0.4, -0.2) is 55.1 Å². The summed E-state index contributed by atoms with van der Waals surface area (Å²) < 4.78 is 37.2. The third-order valence-corrected chi connectivity index (χ3v) is 8.64. The Hall–Kier alpha value is -5.52. The molecule has 4 heterocycles. The number of carbonyl (C=O) groups is 2. The summed E-state index contributed by atoms with van der Waals surface area (Å²) >= 11 is 7.15. The van der Waals surface area contributed by atoms with Gasteiger partial charge in [-0.1, -0.05) is 31.4 Å². The average Bonchev–Trinajstić information content (AvgIpc) is 3.59. The molecular formula is C35H30ClFN6O6S. The quantitative estimate of drug-likeness (QED) is 0.195. The molecule has 7 rings (SSSR count). The van der Waals surface area contributed by atoms with Gasteiger partial charge in [-0.2, -0.15) is 4.37 Å². The summed E-state index contributed by atoms with van der Waals surface area (Å²) in [6.45, 7) is 6.52. The van der Waals surface area contributed by atoms with Crippen LogP contribution in [0.3, 0.4) is 0 Å². The predicted octanol–water partition coefficient (Wildman–Crippen LogP) is 6.18. The number of nitrogens with zero attached hydrogens (tertiary/aromatic N) is 6. The maximum Gasteiger partial charge on any atom is 0.344 e. The van der Waals surface area contributed by atoms with Crippen LogP contribution >= 0.6 is 23.1 Å². The van der Waals surface area contributed by atoms with E-state index in [9.17, 15) is 14.0 Å². The lowest BCUT2D eigenvalue weighted by atomic mass is 9.92. The average molecular weight is 717 g/mol. The first-order chi connectivity index (χ1) is 23.9. The van der Waals surface area contributed by atoms with Crippen LogP contribution in [0.1, 0.15) is 26.6 Å². The molecule has 12 nitrogen and oxygen atoms in total. The van der Waals surface area contributed by atoms with Crippen molar-refractivity contribution < 1.29 is 33.3 Å². The van der Waals surface area contributed by atoms with E-state index in [0.29, 0.717) is 49.7 Å². The monoisotopic (exact) mass is 716 g/mol. The van der Waals surface area contributed by atoms with Crippen molar-refractivity contribution in [3.63, 3.8) is 0 Å². The Morgan fingerprint density at radius 1 is 1.20 bits per heavy atom. The van der Waals surface area contributed by atoms with Gasteiger partial charge in [0.25, 0.3) is 5.91 Å². The number of carboxylic acids is 1. The Labute approximate surface area is 294 Å². The minimum Gasteiger partial charge on any atom is -0.481 e. The number of hydrogen-bond donors (Lipinski definition) is 1. The Kier molecular flexibility index (Phi) is 9.72. The van der Waals surface area contributed by atoms with Gasteiger partial charge in [-0.05, 0) is 60.9 Å². The van der Waals surface area contributed by atoms with E-state index < -0.39 is 17.9 Å². The predicted molar refractivity (Wildman–Crippen MR) is 185 cm³/mol. The van der Waals surface area contributed by atoms with Crippen molar-refractivity contribution in [1.29, 1.82) is 0 Å². The second-order valence-electron chi connectivity index (χ2n) is 12.2. The molecule has 0 radical (unpaired) electrons. The van der Waals surface area contributed by atoms with Crippen molar-refractivity contribution in [2.24, 2.45) is 10.4 Å². The highest BCUT2D eigenvalue weighted by atomic mass is 35.5. The van der Waals surface area contributed by atoms with Gasteiger partial charge in [-0.25, -0.2) is 24.1 Å². The van der Waals surface area contributed by atoms with Gasteiger partial charge in [0.1, 0.15) is 28.8 Å². The molecule has 1 N–H and O–H groups in total. The van der Waals surface area contributed by atoms with Gasteiger partial charge in [-0.15, -0.1) is 6.42 Å². The number of benzene rings is 3. The van der Waals surface area contributed by atoms with Crippen LogP contribution in [0.2, 0.25) is 5.02 Å². The lowest BCUT2D eigenvalue weighted by Crippen LogP contribution is -2.39. The van der Waals surface area contributed by atoms with Crippen molar-refractivity contribution >= 4 is 57.4 Å². The zero-order chi connectivity index (χ0) is 35.6. The van der Waals surface area contributed by atoms with Gasteiger partial charge in [0, 0.05) is 35.6 Å². The molecule has 50 heavy (non-hydrogen) atoms. The number of rotatable bonds is 7. The molecule has 1 unspecified atom stereocenters. The molecule has 0 fully saturated rings. The van der Waals surface area contributed by atoms with Gasteiger partial charge >= 0.3 is 5.97 Å². The van der Waals surface area contributed by atoms with Gasteiger partial charge in [0.15, 0.2) is 18.5 Å². The van der Waals surface area contributed by atoms with E-state index in [-0.39, 0.29) is 30.2 Å². The Balaban J connectivity index is 0.000000174. The molecule has 0 saturated heterocycles. The molecule has 2 aliphatic heterocycles. The van der Waals surface area contributed by atoms with E-state index in [4.69, 9.17) is 37.3 Å². The lowest BCUT2D eigenvalue weighted by molar-refractivity contribution is -0.144. The van der Waals surface area contributed by atoms with Crippen molar-refractivity contribution in [1.82, 2.24) is 18.9 Å². The molecule has 1 amide bonds. The normalized spacial score (nSPS) is 15.2. The van der Waals surface area contributed by atoms with Crippen LogP contribution in [0.5, 0.6) is 23.1 Å². The third-order valence-electron chi connectivity index (χ3n) is 7.62. The largest absolute Gasteiger partial charge is 0.481 e. The molecule has 0 aliphatic carbocycles. The molecule has 15 heteroatoms. The highest BCUT2D eigenvalue weighted by molar-refractivity contribution is 7.02. The maximum absolute atomic E-state index is 14.5. The number of hydrogen-bond acceptors (Lipinski definition) is 10. The first-order valence-electron chi connectivity index (χ1n) is 15.3. The van der Waals surface area contributed by atoms with E-state index in [1.165, 1.54) is 41.7 Å². The molecule has 256 valence electrons. The summed E-state index contributed by atoms with van der Waals surface area (Å²) in [5, 5.41) is 9.42. The second-order valence-corrected chi connectivity index (χ2v) is 13.3. The number of anilines is 1. The number of fused-ring (bicyclic) bond motifs is 3.